The molecule has 3 heteroatoms. The van der Waals surface area contributed by atoms with E-state index in [4.69, 9.17) is 15.9 Å². The lowest BCUT2D eigenvalue weighted by atomic mass is 9.63. The van der Waals surface area contributed by atoms with E-state index in [0.29, 0.717) is 12.0 Å². The van der Waals surface area contributed by atoms with Crippen LogP contribution in [0.3, 0.4) is 0 Å². The largest absolute Gasteiger partial charge is 0.354 e. The molecule has 0 saturated heterocycles. The summed E-state index contributed by atoms with van der Waals surface area (Å²) in [7, 11) is 1.71. The Labute approximate surface area is 125 Å². The summed E-state index contributed by atoms with van der Waals surface area (Å²) in [5, 5.41) is 0. The van der Waals surface area contributed by atoms with Gasteiger partial charge in [0.2, 0.25) is 0 Å². The molecule has 0 aromatic heterocycles. The number of hydrogen-bond donors (Lipinski definition) is 0. The number of terminal acetylenes is 1. The lowest BCUT2D eigenvalue weighted by molar-refractivity contribution is -0.134. The SMILES string of the molecule is C#CCOC(OC)C1(Br)C[C@@H]2CCC[C@@H](C)[C@]2(C)C1. The first kappa shape index (κ1) is 15.4. The number of rotatable bonds is 4. The molecule has 0 radical (unpaired) electrons. The van der Waals surface area contributed by atoms with E-state index >= 15 is 0 Å². The summed E-state index contributed by atoms with van der Waals surface area (Å²) in [6.07, 6.45) is 11.3. The molecule has 0 N–H and O–H groups in total. The van der Waals surface area contributed by atoms with Crippen molar-refractivity contribution in [3.63, 3.8) is 0 Å². The van der Waals surface area contributed by atoms with Crippen molar-refractivity contribution in [3.05, 3.63) is 0 Å². The molecule has 2 nitrogen and oxygen atoms in total. The van der Waals surface area contributed by atoms with Gasteiger partial charge in [-0.15, -0.1) is 6.42 Å². The van der Waals surface area contributed by atoms with E-state index in [0.717, 1.165) is 24.7 Å². The highest BCUT2D eigenvalue weighted by molar-refractivity contribution is 9.10. The number of methoxy groups -OCH3 is 1. The van der Waals surface area contributed by atoms with Gasteiger partial charge in [0.1, 0.15) is 6.61 Å². The second kappa shape index (κ2) is 5.76. The molecule has 0 aliphatic heterocycles. The van der Waals surface area contributed by atoms with Crippen LogP contribution in [0.5, 0.6) is 0 Å². The molecule has 2 saturated carbocycles. The smallest absolute Gasteiger partial charge is 0.173 e. The highest BCUT2D eigenvalue weighted by Crippen LogP contribution is 2.61. The second-order valence-electron chi connectivity index (χ2n) is 6.53. The maximum absolute atomic E-state index is 5.71. The molecule has 0 aromatic carbocycles. The summed E-state index contributed by atoms with van der Waals surface area (Å²) in [6.45, 7) is 5.15. The van der Waals surface area contributed by atoms with Gasteiger partial charge in [-0.2, -0.15) is 0 Å². The van der Waals surface area contributed by atoms with Gasteiger partial charge >= 0.3 is 0 Å². The fraction of sp³-hybridized carbons (Fsp3) is 0.875. The molecule has 5 atom stereocenters. The van der Waals surface area contributed by atoms with E-state index in [1.54, 1.807) is 7.11 Å². The fourth-order valence-electron chi connectivity index (χ4n) is 4.23. The Morgan fingerprint density at radius 2 is 2.21 bits per heavy atom. The van der Waals surface area contributed by atoms with Gasteiger partial charge in [-0.25, -0.2) is 0 Å². The van der Waals surface area contributed by atoms with Crippen LogP contribution in [-0.4, -0.2) is 24.3 Å². The molecule has 2 aliphatic carbocycles. The lowest BCUT2D eigenvalue weighted by Crippen LogP contribution is -2.39. The zero-order valence-corrected chi connectivity index (χ0v) is 13.8. The molecular formula is C16H25BrO2. The van der Waals surface area contributed by atoms with Crippen molar-refractivity contribution < 1.29 is 9.47 Å². The third kappa shape index (κ3) is 2.73. The van der Waals surface area contributed by atoms with Gasteiger partial charge in [-0.3, -0.25) is 0 Å². The third-order valence-corrected chi connectivity index (χ3v) is 6.44. The minimum absolute atomic E-state index is 0.0867. The first-order valence-electron chi connectivity index (χ1n) is 7.23. The van der Waals surface area contributed by atoms with E-state index < -0.39 is 0 Å². The number of alkyl halides is 1. The maximum atomic E-state index is 5.71. The first-order valence-corrected chi connectivity index (χ1v) is 8.02. The van der Waals surface area contributed by atoms with Crippen LogP contribution in [-0.2, 0) is 9.47 Å². The summed E-state index contributed by atoms with van der Waals surface area (Å²) in [5.74, 6) is 4.07. The molecule has 0 spiro atoms. The van der Waals surface area contributed by atoms with E-state index in [9.17, 15) is 0 Å². The van der Waals surface area contributed by atoms with Crippen molar-refractivity contribution in [1.82, 2.24) is 0 Å². The Kier molecular flexibility index (Phi) is 4.65. The van der Waals surface area contributed by atoms with Crippen LogP contribution in [0.4, 0.5) is 0 Å². The molecule has 2 rings (SSSR count). The van der Waals surface area contributed by atoms with Crippen molar-refractivity contribution in [2.24, 2.45) is 17.3 Å². The Hall–Kier alpha value is -0.0400. The molecule has 2 unspecified atom stereocenters. The summed E-state index contributed by atoms with van der Waals surface area (Å²) in [4.78, 5) is 0. The highest BCUT2D eigenvalue weighted by atomic mass is 79.9. The lowest BCUT2D eigenvalue weighted by Gasteiger charge is -2.42. The average Bonchev–Trinajstić information content (AvgIpc) is 2.64. The number of hydrogen-bond acceptors (Lipinski definition) is 2. The zero-order valence-electron chi connectivity index (χ0n) is 12.2. The first-order chi connectivity index (χ1) is 8.96. The Morgan fingerprint density at radius 3 is 2.79 bits per heavy atom. The fourth-order valence-corrected chi connectivity index (χ4v) is 5.55. The Balaban J connectivity index is 2.15. The number of halogens is 1. The van der Waals surface area contributed by atoms with Gasteiger partial charge in [0.25, 0.3) is 0 Å². The van der Waals surface area contributed by atoms with Crippen molar-refractivity contribution in [3.8, 4) is 12.3 Å². The summed E-state index contributed by atoms with van der Waals surface area (Å²) in [5.41, 5.74) is 0.401. The predicted octanol–water partition coefficient (Wildman–Crippen LogP) is 3.98. The molecule has 2 fully saturated rings. The normalized spacial score (nSPS) is 43.5. The van der Waals surface area contributed by atoms with Crippen molar-refractivity contribution in [2.75, 3.05) is 13.7 Å². The van der Waals surface area contributed by atoms with Crippen LogP contribution in [0.2, 0.25) is 0 Å². The van der Waals surface area contributed by atoms with Crippen molar-refractivity contribution in [1.29, 1.82) is 0 Å². The highest BCUT2D eigenvalue weighted by Gasteiger charge is 2.57. The van der Waals surface area contributed by atoms with Gasteiger partial charge in [0.15, 0.2) is 6.29 Å². The van der Waals surface area contributed by atoms with E-state index in [1.165, 1.54) is 19.3 Å². The number of ether oxygens (including phenoxy) is 2. The van der Waals surface area contributed by atoms with Gasteiger partial charge in [-0.1, -0.05) is 48.5 Å². The predicted molar refractivity (Wildman–Crippen MR) is 81.1 cm³/mol. The van der Waals surface area contributed by atoms with Crippen LogP contribution in [0.25, 0.3) is 0 Å². The monoisotopic (exact) mass is 328 g/mol. The van der Waals surface area contributed by atoms with Crippen LogP contribution in [0, 0.1) is 29.6 Å². The Bertz CT molecular complexity index is 364. The van der Waals surface area contributed by atoms with Crippen LogP contribution in [0.1, 0.15) is 46.0 Å². The minimum atomic E-state index is -0.252. The molecule has 2 aliphatic rings. The molecular weight excluding hydrogens is 304 g/mol. The number of fused-ring (bicyclic) bond motifs is 1. The zero-order chi connectivity index (χ0) is 14.1. The van der Waals surface area contributed by atoms with Gasteiger partial charge in [0.05, 0.1) is 4.32 Å². The van der Waals surface area contributed by atoms with Gasteiger partial charge in [-0.05, 0) is 36.5 Å². The molecule has 0 aromatic rings. The summed E-state index contributed by atoms with van der Waals surface area (Å²) >= 11 is 3.94. The topological polar surface area (TPSA) is 18.5 Å². The van der Waals surface area contributed by atoms with Crippen molar-refractivity contribution in [2.45, 2.75) is 56.6 Å². The van der Waals surface area contributed by atoms with Crippen LogP contribution < -0.4 is 0 Å². The quantitative estimate of drug-likeness (QED) is 0.441. The molecule has 0 heterocycles. The maximum Gasteiger partial charge on any atom is 0.173 e. The molecule has 108 valence electrons. The summed E-state index contributed by atoms with van der Waals surface area (Å²) < 4.78 is 11.2. The molecule has 0 amide bonds. The van der Waals surface area contributed by atoms with E-state index in [1.807, 2.05) is 0 Å². The average molecular weight is 329 g/mol. The summed E-state index contributed by atoms with van der Waals surface area (Å²) in [6, 6.07) is 0. The molecule has 19 heavy (non-hydrogen) atoms. The van der Waals surface area contributed by atoms with Gasteiger partial charge in [0, 0.05) is 7.11 Å². The minimum Gasteiger partial charge on any atom is -0.354 e. The third-order valence-electron chi connectivity index (χ3n) is 5.46. The van der Waals surface area contributed by atoms with E-state index in [2.05, 4.69) is 35.7 Å². The second-order valence-corrected chi connectivity index (χ2v) is 8.11. The van der Waals surface area contributed by atoms with Crippen molar-refractivity contribution >= 4 is 15.9 Å². The van der Waals surface area contributed by atoms with Crippen LogP contribution >= 0.6 is 15.9 Å². The van der Waals surface area contributed by atoms with Gasteiger partial charge < -0.3 is 9.47 Å². The van der Waals surface area contributed by atoms with Crippen LogP contribution in [0.15, 0.2) is 0 Å². The molecule has 0 bridgehead atoms. The standard InChI is InChI=1S/C16H25BrO2/c1-5-9-19-14(18-4)16(17)10-13-8-6-7-12(2)15(13,3)11-16/h1,12-14H,6-11H2,2-4H3/t12-,13+,14?,15+,16?/m1/s1. The Morgan fingerprint density at radius 1 is 1.47 bits per heavy atom. The van der Waals surface area contributed by atoms with E-state index in [-0.39, 0.29) is 10.6 Å².